The molecule has 4 heteroatoms. The molecule has 0 N–H and O–H groups in total. The zero-order valence-electron chi connectivity index (χ0n) is 31.6. The van der Waals surface area contributed by atoms with Gasteiger partial charge in [0, 0.05) is 27.5 Å². The molecule has 0 aliphatic carbocycles. The van der Waals surface area contributed by atoms with Crippen LogP contribution < -0.4 is 0 Å². The Morgan fingerprint density at radius 1 is 0.271 bits per heavy atom. The van der Waals surface area contributed by atoms with Crippen molar-refractivity contribution in [2.75, 3.05) is 0 Å². The number of rotatable bonds is 4. The minimum Gasteiger partial charge on any atom is -0.456 e. The van der Waals surface area contributed by atoms with Crippen LogP contribution >= 0.6 is 0 Å². The van der Waals surface area contributed by atoms with E-state index < -0.39 is 0 Å². The van der Waals surface area contributed by atoms with Crippen LogP contribution in [0.15, 0.2) is 192 Å². The molecule has 2 heterocycles. The highest BCUT2D eigenvalue weighted by Gasteiger charge is 2.20. The Bertz CT molecular complexity index is 3840. The third-order valence-electron chi connectivity index (χ3n) is 12.2. The topological polar surface area (TPSA) is 51.8 Å². The minimum atomic E-state index is 0.601. The van der Waals surface area contributed by atoms with Gasteiger partial charge in [0.2, 0.25) is 0 Å². The van der Waals surface area contributed by atoms with Crippen LogP contribution in [0.25, 0.3) is 132 Å². The Morgan fingerprint density at radius 2 is 0.780 bits per heavy atom. The number of nitrogens with zero attached hydrogens (tertiary/aromatic N) is 3. The van der Waals surface area contributed by atoms with Crippen LogP contribution in [0.4, 0.5) is 0 Å². The lowest BCUT2D eigenvalue weighted by Crippen LogP contribution is -2.00. The molecule has 0 radical (unpaired) electrons. The monoisotopic (exact) mass is 749 g/mol. The lowest BCUT2D eigenvalue weighted by atomic mass is 9.86. The van der Waals surface area contributed by atoms with Crippen molar-refractivity contribution in [3.8, 4) is 45.3 Å². The van der Waals surface area contributed by atoms with E-state index in [1.54, 1.807) is 0 Å². The zero-order chi connectivity index (χ0) is 38.6. The van der Waals surface area contributed by atoms with Crippen molar-refractivity contribution >= 4 is 86.6 Å². The lowest BCUT2D eigenvalue weighted by Gasteiger charge is -2.17. The van der Waals surface area contributed by atoms with Gasteiger partial charge in [-0.3, -0.25) is 0 Å². The summed E-state index contributed by atoms with van der Waals surface area (Å²) in [6, 6.07) is 67.1. The van der Waals surface area contributed by atoms with Gasteiger partial charge in [-0.25, -0.2) is 15.0 Å². The summed E-state index contributed by atoms with van der Waals surface area (Å²) in [5.74, 6) is 1.83. The summed E-state index contributed by atoms with van der Waals surface area (Å²) in [6.45, 7) is 0. The highest BCUT2D eigenvalue weighted by Crippen LogP contribution is 2.45. The van der Waals surface area contributed by atoms with Gasteiger partial charge in [0.15, 0.2) is 17.5 Å². The standard InChI is InChI=1S/C55H31N3O/c1-2-11-35(12-3-1)53-56-54(58-55(57-53)44-22-10-24-47-52(44)43-18-4-5-23-46(43)59-47)38-17-6-16-36(29-38)39-30-37-28-27-34-14-8-20-41-40-19-7-13-32-25-26-33-15-9-21-42(50(33)48(32)40)45(31-39)51(37)49(34)41/h1-31H. The van der Waals surface area contributed by atoms with Crippen molar-refractivity contribution in [2.45, 2.75) is 0 Å². The van der Waals surface area contributed by atoms with Crippen molar-refractivity contribution in [1.82, 2.24) is 15.0 Å². The van der Waals surface area contributed by atoms with Crippen LogP contribution in [-0.2, 0) is 0 Å². The van der Waals surface area contributed by atoms with Gasteiger partial charge in [-0.2, -0.15) is 0 Å². The van der Waals surface area contributed by atoms with Crippen molar-refractivity contribution in [3.63, 3.8) is 0 Å². The van der Waals surface area contributed by atoms with E-state index in [1.165, 1.54) is 64.6 Å². The molecule has 11 aromatic carbocycles. The number of aromatic nitrogens is 3. The van der Waals surface area contributed by atoms with E-state index in [1.807, 2.05) is 60.7 Å². The van der Waals surface area contributed by atoms with Crippen LogP contribution in [0.3, 0.4) is 0 Å². The van der Waals surface area contributed by atoms with E-state index in [2.05, 4.69) is 127 Å². The maximum absolute atomic E-state index is 6.28. The van der Waals surface area contributed by atoms with Gasteiger partial charge < -0.3 is 4.42 Å². The first-order valence-electron chi connectivity index (χ1n) is 20.0. The average Bonchev–Trinajstić information content (AvgIpc) is 3.69. The number of fused-ring (bicyclic) bond motifs is 5. The fourth-order valence-corrected chi connectivity index (χ4v) is 9.59. The Balaban J connectivity index is 1.07. The van der Waals surface area contributed by atoms with Gasteiger partial charge in [0.1, 0.15) is 11.2 Å². The third-order valence-corrected chi connectivity index (χ3v) is 12.2. The second kappa shape index (κ2) is 12.3. The molecule has 0 spiro atoms. The van der Waals surface area contributed by atoms with Crippen LogP contribution in [0, 0.1) is 0 Å². The molecule has 0 saturated carbocycles. The zero-order valence-corrected chi connectivity index (χ0v) is 31.6. The minimum absolute atomic E-state index is 0.601. The Kier molecular flexibility index (Phi) is 6.69. The summed E-state index contributed by atoms with van der Waals surface area (Å²) in [4.78, 5) is 15.5. The Hall–Kier alpha value is -7.95. The predicted molar refractivity (Wildman–Crippen MR) is 245 cm³/mol. The van der Waals surface area contributed by atoms with E-state index in [4.69, 9.17) is 19.4 Å². The predicted octanol–water partition coefficient (Wildman–Crippen LogP) is 14.8. The molecular formula is C55H31N3O. The largest absolute Gasteiger partial charge is 0.456 e. The molecule has 4 nitrogen and oxygen atoms in total. The van der Waals surface area contributed by atoms with Crippen molar-refractivity contribution in [3.05, 3.63) is 188 Å². The van der Waals surface area contributed by atoms with Crippen LogP contribution in [-0.4, -0.2) is 15.0 Å². The van der Waals surface area contributed by atoms with Crippen molar-refractivity contribution < 1.29 is 4.42 Å². The van der Waals surface area contributed by atoms with Crippen LogP contribution in [0.2, 0.25) is 0 Å². The summed E-state index contributed by atoms with van der Waals surface area (Å²) in [7, 11) is 0. The van der Waals surface area contributed by atoms with E-state index in [0.29, 0.717) is 17.5 Å². The third kappa shape index (κ3) is 4.81. The fourth-order valence-electron chi connectivity index (χ4n) is 9.59. The molecule has 13 aromatic rings. The first-order chi connectivity index (χ1) is 29.2. The molecule has 0 aliphatic heterocycles. The Labute approximate surface area is 338 Å². The lowest BCUT2D eigenvalue weighted by molar-refractivity contribution is 0.669. The second-order valence-corrected chi connectivity index (χ2v) is 15.5. The summed E-state index contributed by atoms with van der Waals surface area (Å²) in [5.41, 5.74) is 6.61. The molecule has 0 bridgehead atoms. The normalized spacial score (nSPS) is 12.1. The van der Waals surface area contributed by atoms with Crippen LogP contribution in [0.1, 0.15) is 0 Å². The summed E-state index contributed by atoms with van der Waals surface area (Å²) in [5, 5.41) is 17.2. The van der Waals surface area contributed by atoms with E-state index in [0.717, 1.165) is 49.8 Å². The maximum atomic E-state index is 6.28. The first kappa shape index (κ1) is 32.2. The number of hydrogen-bond acceptors (Lipinski definition) is 4. The molecule has 2 aromatic heterocycles. The van der Waals surface area contributed by atoms with Gasteiger partial charge in [-0.1, -0.05) is 158 Å². The molecule has 272 valence electrons. The fraction of sp³-hybridized carbons (Fsp3) is 0. The molecule has 0 atom stereocenters. The molecular weight excluding hydrogens is 719 g/mol. The van der Waals surface area contributed by atoms with Gasteiger partial charge in [0.25, 0.3) is 0 Å². The van der Waals surface area contributed by atoms with Gasteiger partial charge in [-0.05, 0) is 106 Å². The summed E-state index contributed by atoms with van der Waals surface area (Å²) >= 11 is 0. The van der Waals surface area contributed by atoms with Gasteiger partial charge in [-0.15, -0.1) is 0 Å². The molecule has 0 amide bonds. The van der Waals surface area contributed by atoms with E-state index in [-0.39, 0.29) is 0 Å². The van der Waals surface area contributed by atoms with Gasteiger partial charge >= 0.3 is 0 Å². The average molecular weight is 750 g/mol. The number of hydrogen-bond donors (Lipinski definition) is 0. The summed E-state index contributed by atoms with van der Waals surface area (Å²) < 4.78 is 6.28. The summed E-state index contributed by atoms with van der Waals surface area (Å²) in [6.07, 6.45) is 0. The number of benzene rings is 10. The second-order valence-electron chi connectivity index (χ2n) is 15.5. The molecule has 0 aliphatic rings. The number of furan rings is 1. The smallest absolute Gasteiger partial charge is 0.164 e. The van der Waals surface area contributed by atoms with E-state index in [9.17, 15) is 0 Å². The SMILES string of the molecule is c1ccc(-c2nc(-c3cccc(-c4cc5ccc6cccc7c8cccc9ccc%10cccc(c(c4)c5c67)c%10c98)c3)nc(-c3cccc4oc5ccccc5c34)n2)cc1. The number of para-hydroxylation sites is 1. The van der Waals surface area contributed by atoms with Gasteiger partial charge in [0.05, 0.1) is 0 Å². The highest BCUT2D eigenvalue weighted by molar-refractivity contribution is 6.37. The van der Waals surface area contributed by atoms with E-state index >= 15 is 0 Å². The van der Waals surface area contributed by atoms with Crippen molar-refractivity contribution in [2.24, 2.45) is 0 Å². The molecule has 59 heavy (non-hydrogen) atoms. The molecule has 0 fully saturated rings. The van der Waals surface area contributed by atoms with Crippen molar-refractivity contribution in [1.29, 1.82) is 0 Å². The maximum Gasteiger partial charge on any atom is 0.164 e. The molecule has 0 unspecified atom stereocenters. The molecule has 13 rings (SSSR count). The first-order valence-corrected chi connectivity index (χ1v) is 20.0. The molecule has 0 saturated heterocycles. The van der Waals surface area contributed by atoms with Crippen LogP contribution in [0.5, 0.6) is 0 Å². The Morgan fingerprint density at radius 3 is 1.51 bits per heavy atom. The quantitative estimate of drug-likeness (QED) is 0.168. The highest BCUT2D eigenvalue weighted by atomic mass is 16.3.